The quantitative estimate of drug-likeness (QED) is 0.330. The van der Waals surface area contributed by atoms with E-state index in [1.54, 1.807) is 0 Å². The second kappa shape index (κ2) is 9.29. The van der Waals surface area contributed by atoms with Crippen molar-refractivity contribution in [1.82, 2.24) is 0 Å². The van der Waals surface area contributed by atoms with Gasteiger partial charge in [-0.25, -0.2) is 0 Å². The van der Waals surface area contributed by atoms with E-state index in [-0.39, 0.29) is 0 Å². The van der Waals surface area contributed by atoms with E-state index in [0.717, 1.165) is 8.97 Å². The van der Waals surface area contributed by atoms with Crippen LogP contribution in [0.5, 0.6) is 0 Å². The largest absolute Gasteiger partial charge is 0.549 e. The van der Waals surface area contributed by atoms with E-state index in [4.69, 9.17) is 0 Å². The molecule has 0 rings (SSSR count). The van der Waals surface area contributed by atoms with Crippen molar-refractivity contribution in [2.45, 2.75) is 4.83 Å². The summed E-state index contributed by atoms with van der Waals surface area (Å²) in [6.45, 7) is 0. The van der Waals surface area contributed by atoms with Gasteiger partial charge in [-0.1, -0.05) is 15.9 Å². The summed E-state index contributed by atoms with van der Waals surface area (Å²) in [4.78, 5) is 17.4. The predicted molar refractivity (Wildman–Crippen MR) is 70.6 cm³/mol. The zero-order valence-electron chi connectivity index (χ0n) is 12.5. The summed E-state index contributed by atoms with van der Waals surface area (Å²) < 4.78 is 2.00. The van der Waals surface area contributed by atoms with Gasteiger partial charge in [-0.2, -0.15) is 0 Å². The number of aliphatic carboxylic acids is 2. The monoisotopic (exact) mass is 328 g/mol. The second-order valence-corrected chi connectivity index (χ2v) is 7.28. The summed E-state index contributed by atoms with van der Waals surface area (Å²) in [5.41, 5.74) is 0. The fraction of sp³-hybridized carbons (Fsp3) is 0.818. The van der Waals surface area contributed by atoms with E-state index >= 15 is 0 Å². The van der Waals surface area contributed by atoms with Crippen molar-refractivity contribution in [3.05, 3.63) is 0 Å². The van der Waals surface area contributed by atoms with E-state index in [9.17, 15) is 19.8 Å². The van der Waals surface area contributed by atoms with Gasteiger partial charge in [0.25, 0.3) is 0 Å². The van der Waals surface area contributed by atoms with Crippen LogP contribution in [-0.2, 0) is 9.59 Å². The zero-order valence-corrected chi connectivity index (χ0v) is 14.1. The van der Waals surface area contributed by atoms with Gasteiger partial charge in [0.1, 0.15) is 0 Å². The first-order chi connectivity index (χ1) is 7.55. The molecule has 0 aromatic carbocycles. The second-order valence-electron chi connectivity index (χ2n) is 6.37. The average Bonchev–Trinajstić information content (AvgIpc) is 1.95. The first-order valence-electron chi connectivity index (χ1n) is 5.19. The summed E-state index contributed by atoms with van der Waals surface area (Å²) in [6, 6.07) is 0. The minimum Gasteiger partial charge on any atom is -0.549 e. The van der Waals surface area contributed by atoms with Crippen LogP contribution in [0.2, 0.25) is 0 Å². The molecule has 0 aliphatic rings. The fourth-order valence-electron chi connectivity index (χ4n) is 0.0962. The van der Waals surface area contributed by atoms with Crippen LogP contribution >= 0.6 is 15.9 Å². The summed E-state index contributed by atoms with van der Waals surface area (Å²) in [6.07, 6.45) is 0. The van der Waals surface area contributed by atoms with E-state index in [0.29, 0.717) is 0 Å². The lowest BCUT2D eigenvalue weighted by molar-refractivity contribution is -0.849. The lowest BCUT2D eigenvalue weighted by Gasteiger charge is -2.14. The van der Waals surface area contributed by atoms with Crippen molar-refractivity contribution < 1.29 is 28.8 Å². The van der Waals surface area contributed by atoms with Crippen molar-refractivity contribution in [2.75, 3.05) is 56.4 Å². The van der Waals surface area contributed by atoms with Crippen LogP contribution in [0.4, 0.5) is 0 Å². The highest BCUT2D eigenvalue weighted by molar-refractivity contribution is 9.10. The molecule has 0 saturated carbocycles. The van der Waals surface area contributed by atoms with Crippen LogP contribution < -0.4 is 10.2 Å². The number of hydrogen-bond acceptors (Lipinski definition) is 4. The Morgan fingerprint density at radius 3 is 0.889 bits per heavy atom. The molecule has 0 spiro atoms. The highest BCUT2D eigenvalue weighted by atomic mass is 79.9. The molecular formula is C11H25BrN2O4. The molecular weight excluding hydrogens is 304 g/mol. The Balaban J connectivity index is -0.000000197. The molecule has 110 valence electrons. The summed E-state index contributed by atoms with van der Waals surface area (Å²) in [5, 5.41) is 19.1. The number of alkyl halides is 1. The normalized spacial score (nSPS) is 10.8. The Labute approximate surface area is 118 Å². The molecule has 0 N–H and O–H groups in total. The minimum atomic E-state index is -1.71. The lowest BCUT2D eigenvalue weighted by Crippen LogP contribution is -2.44. The van der Waals surface area contributed by atoms with Gasteiger partial charge in [-0.3, -0.25) is 0 Å². The molecule has 0 amide bonds. The predicted octanol–water partition coefficient (Wildman–Crippen LogP) is -2.11. The van der Waals surface area contributed by atoms with Gasteiger partial charge in [-0.15, -0.1) is 0 Å². The van der Waals surface area contributed by atoms with E-state index in [1.165, 1.54) is 0 Å². The molecule has 0 aliphatic heterocycles. The van der Waals surface area contributed by atoms with Crippen LogP contribution in [0.25, 0.3) is 0 Å². The molecule has 18 heavy (non-hydrogen) atoms. The Bertz CT molecular complexity index is 219. The minimum absolute atomic E-state index is 1.00. The number of quaternary nitrogens is 2. The third-order valence-corrected chi connectivity index (χ3v) is 1.16. The van der Waals surface area contributed by atoms with Crippen LogP contribution in [0.15, 0.2) is 0 Å². The molecule has 0 radical (unpaired) electrons. The Morgan fingerprint density at radius 1 is 0.778 bits per heavy atom. The smallest absolute Gasteiger partial charge is 0.0935 e. The van der Waals surface area contributed by atoms with Gasteiger partial charge in [0.15, 0.2) is 0 Å². The molecule has 0 aromatic heterocycles. The molecule has 0 unspecified atom stereocenters. The fourth-order valence-corrected chi connectivity index (χ4v) is 0.0962. The standard InChI is InChI=1S/2C4H12N.C3H3BrO4/c2*1-5(2,3)4;4-1(2(5)6)3(7)8/h2*1-4H3;1H,(H,5,6)(H,7,8)/q2*+1;/p-2. The van der Waals surface area contributed by atoms with E-state index < -0.39 is 16.8 Å². The number of hydrogen-bond donors (Lipinski definition) is 0. The van der Waals surface area contributed by atoms with Crippen molar-refractivity contribution in [2.24, 2.45) is 0 Å². The molecule has 6 nitrogen and oxygen atoms in total. The van der Waals surface area contributed by atoms with Gasteiger partial charge in [0.2, 0.25) is 0 Å². The maximum Gasteiger partial charge on any atom is 0.0935 e. The first kappa shape index (κ1) is 22.5. The molecule has 0 bridgehead atoms. The highest BCUT2D eigenvalue weighted by Crippen LogP contribution is 1.93. The Hall–Kier alpha value is -0.660. The Kier molecular flexibility index (Phi) is 11.6. The summed E-state index contributed by atoms with van der Waals surface area (Å²) in [5.74, 6) is -3.41. The molecule has 0 saturated heterocycles. The topological polar surface area (TPSA) is 80.3 Å². The summed E-state index contributed by atoms with van der Waals surface area (Å²) in [7, 11) is 17.0. The maximum absolute atomic E-state index is 9.56. The summed E-state index contributed by atoms with van der Waals surface area (Å²) >= 11 is 2.28. The Morgan fingerprint density at radius 2 is 0.889 bits per heavy atom. The number of nitrogens with zero attached hydrogens (tertiary/aromatic N) is 2. The number of carboxylic acids is 2. The lowest BCUT2D eigenvalue weighted by atomic mass is 10.4. The molecule has 0 fully saturated rings. The van der Waals surface area contributed by atoms with Crippen LogP contribution in [0.3, 0.4) is 0 Å². The van der Waals surface area contributed by atoms with Crippen LogP contribution in [0.1, 0.15) is 0 Å². The number of carbonyl (C=O) groups is 2. The van der Waals surface area contributed by atoms with Gasteiger partial charge in [0, 0.05) is 0 Å². The first-order valence-corrected chi connectivity index (χ1v) is 6.11. The molecule has 0 aromatic rings. The zero-order chi connectivity index (χ0) is 15.7. The molecule has 0 atom stereocenters. The van der Waals surface area contributed by atoms with Gasteiger partial charge in [0.05, 0.1) is 73.1 Å². The number of halogens is 1. The molecule has 0 heterocycles. The maximum atomic E-state index is 9.56. The number of carboxylic acid groups (broad SMARTS) is 2. The molecule has 0 aliphatic carbocycles. The third-order valence-electron chi connectivity index (χ3n) is 0.414. The van der Waals surface area contributed by atoms with Gasteiger partial charge < -0.3 is 28.8 Å². The number of carbonyl (C=O) groups excluding carboxylic acids is 2. The SMILES string of the molecule is C[N+](C)(C)C.C[N+](C)(C)C.O=C([O-])C(Br)C(=O)[O-]. The van der Waals surface area contributed by atoms with Crippen molar-refractivity contribution in [3.63, 3.8) is 0 Å². The van der Waals surface area contributed by atoms with Crippen molar-refractivity contribution >= 4 is 27.9 Å². The van der Waals surface area contributed by atoms with Gasteiger partial charge in [-0.05, 0) is 0 Å². The van der Waals surface area contributed by atoms with Gasteiger partial charge >= 0.3 is 0 Å². The van der Waals surface area contributed by atoms with Crippen LogP contribution in [0, 0.1) is 0 Å². The van der Waals surface area contributed by atoms with Crippen molar-refractivity contribution in [1.29, 1.82) is 0 Å². The van der Waals surface area contributed by atoms with E-state index in [1.807, 2.05) is 0 Å². The van der Waals surface area contributed by atoms with Crippen LogP contribution in [-0.4, -0.2) is 82.1 Å². The molecule has 7 heteroatoms. The average molecular weight is 329 g/mol. The highest BCUT2D eigenvalue weighted by Gasteiger charge is 2.03. The van der Waals surface area contributed by atoms with E-state index in [2.05, 4.69) is 72.3 Å². The third kappa shape index (κ3) is 58.6. The van der Waals surface area contributed by atoms with Crippen molar-refractivity contribution in [3.8, 4) is 0 Å². The number of rotatable bonds is 2.